The number of aliphatic carboxylic acids is 1. The number of rotatable bonds is 14. The van der Waals surface area contributed by atoms with E-state index in [4.69, 9.17) is 19.3 Å². The van der Waals surface area contributed by atoms with E-state index < -0.39 is 5.97 Å². The van der Waals surface area contributed by atoms with E-state index in [1.165, 1.54) is 57.8 Å². The minimum atomic E-state index is -0.948. The molecule has 3 fully saturated rings. The Morgan fingerprint density at radius 2 is 1.79 bits per heavy atom. The van der Waals surface area contributed by atoms with Crippen molar-refractivity contribution in [3.63, 3.8) is 0 Å². The van der Waals surface area contributed by atoms with Gasteiger partial charge in [0.1, 0.15) is 6.61 Å². The summed E-state index contributed by atoms with van der Waals surface area (Å²) in [5.74, 6) is 4.00. The Labute approximate surface area is 232 Å². The summed E-state index contributed by atoms with van der Waals surface area (Å²) in [6.07, 6.45) is 17.4. The maximum absolute atomic E-state index is 10.5. The van der Waals surface area contributed by atoms with E-state index in [1.807, 2.05) is 0 Å². The zero-order chi connectivity index (χ0) is 27.3. The number of allylic oxidation sites excluding steroid dienone is 1. The van der Waals surface area contributed by atoms with Gasteiger partial charge in [0.05, 0.1) is 45.4 Å². The molecule has 0 saturated heterocycles. The van der Waals surface area contributed by atoms with E-state index in [1.54, 1.807) is 5.57 Å². The van der Waals surface area contributed by atoms with Crippen molar-refractivity contribution < 1.29 is 24.1 Å². The van der Waals surface area contributed by atoms with Crippen molar-refractivity contribution in [2.24, 2.45) is 46.3 Å². The fourth-order valence-corrected chi connectivity index (χ4v) is 9.39. The van der Waals surface area contributed by atoms with E-state index in [2.05, 4.69) is 40.7 Å². The first-order valence-electron chi connectivity index (χ1n) is 15.7. The lowest BCUT2D eigenvalue weighted by Gasteiger charge is -2.58. The van der Waals surface area contributed by atoms with Crippen molar-refractivity contribution in [2.45, 2.75) is 104 Å². The number of hydrogen-bond donors (Lipinski definition) is 1. The third kappa shape index (κ3) is 6.63. The number of ether oxygens (including phenoxy) is 3. The van der Waals surface area contributed by atoms with Gasteiger partial charge < -0.3 is 19.3 Å². The maximum Gasteiger partial charge on any atom is 0.329 e. The lowest BCUT2D eigenvalue weighted by atomic mass is 9.47. The number of carboxylic acids is 1. The highest BCUT2D eigenvalue weighted by Crippen LogP contribution is 2.67. The Kier molecular flexibility index (Phi) is 10.3. The second-order valence-corrected chi connectivity index (χ2v) is 13.8. The molecule has 216 valence electrons. The molecular weight excluding hydrogens is 476 g/mol. The van der Waals surface area contributed by atoms with Crippen LogP contribution in [0.1, 0.15) is 98.3 Å². The topological polar surface area (TPSA) is 65.0 Å². The Hall–Kier alpha value is -1.04. The molecule has 9 atom stereocenters. The molecule has 3 saturated carbocycles. The second kappa shape index (κ2) is 13.1. The van der Waals surface area contributed by atoms with Crippen LogP contribution in [0.5, 0.6) is 0 Å². The molecule has 0 spiro atoms. The zero-order valence-corrected chi connectivity index (χ0v) is 24.7. The van der Waals surface area contributed by atoms with Crippen LogP contribution < -0.4 is 0 Å². The van der Waals surface area contributed by atoms with E-state index in [0.29, 0.717) is 49.3 Å². The average Bonchev–Trinajstić information content (AvgIpc) is 3.22. The Morgan fingerprint density at radius 3 is 2.55 bits per heavy atom. The molecule has 0 amide bonds. The van der Waals surface area contributed by atoms with E-state index in [0.717, 1.165) is 42.4 Å². The molecule has 5 heteroatoms. The van der Waals surface area contributed by atoms with Crippen molar-refractivity contribution in [1.82, 2.24) is 0 Å². The first kappa shape index (κ1) is 29.9. The summed E-state index contributed by atoms with van der Waals surface area (Å²) < 4.78 is 16.8. The normalized spacial score (nSPS) is 38.0. The molecule has 1 N–H and O–H groups in total. The SMILES string of the molecule is [CH2+]C(C)CCC[C@@H](C)[C@H]1CC[C@H]2[C@@H]3CC=C4C[C@@H](OCCOCCOCC(=O)O)CC[C@]4(C)[C@H]3CC[C@]12C. The van der Waals surface area contributed by atoms with Crippen LogP contribution in [0.3, 0.4) is 0 Å². The number of carbonyl (C=O) groups is 1. The molecule has 4 aliphatic rings. The Bertz CT molecular complexity index is 807. The standard InChI is InChI=1S/C33H54O5/c1-23(2)7-6-8-24(3)28-11-12-29-27-10-9-25-21-26(38-20-19-36-17-18-37-22-31(34)35)13-15-32(25,4)30(27)14-16-33(28,29)5/h9,23-24,26-30H,1,6-8,10-22H2,2-5H3/p+1/t23?,24-,26+,27+,28-,29+,30+,32+,33-/m1/s1. The minimum absolute atomic E-state index is 0.270. The zero-order valence-electron chi connectivity index (χ0n) is 24.7. The summed E-state index contributed by atoms with van der Waals surface area (Å²) in [4.78, 5) is 10.5. The van der Waals surface area contributed by atoms with Gasteiger partial charge in [0.15, 0.2) is 0 Å². The van der Waals surface area contributed by atoms with Crippen molar-refractivity contribution in [2.75, 3.05) is 33.0 Å². The lowest BCUT2D eigenvalue weighted by Crippen LogP contribution is -2.51. The van der Waals surface area contributed by atoms with Crippen LogP contribution in [0.25, 0.3) is 0 Å². The van der Waals surface area contributed by atoms with Crippen molar-refractivity contribution >= 4 is 5.97 Å². The summed E-state index contributed by atoms with van der Waals surface area (Å²) in [5.41, 5.74) is 2.57. The molecular formula is C33H55O5+. The molecule has 4 rings (SSSR count). The highest BCUT2D eigenvalue weighted by molar-refractivity contribution is 5.67. The molecule has 5 nitrogen and oxygen atoms in total. The lowest BCUT2D eigenvalue weighted by molar-refractivity contribution is -0.142. The van der Waals surface area contributed by atoms with Gasteiger partial charge in [-0.1, -0.05) is 38.8 Å². The number of hydrogen-bond acceptors (Lipinski definition) is 4. The second-order valence-electron chi connectivity index (χ2n) is 13.8. The van der Waals surface area contributed by atoms with Crippen LogP contribution in [0, 0.1) is 53.3 Å². The number of fused-ring (bicyclic) bond motifs is 5. The van der Waals surface area contributed by atoms with Gasteiger partial charge in [-0.25, -0.2) is 4.79 Å². The summed E-state index contributed by atoms with van der Waals surface area (Å²) in [6, 6.07) is 0. The largest absolute Gasteiger partial charge is 0.480 e. The summed E-state index contributed by atoms with van der Waals surface area (Å²) in [6.45, 7) is 15.8. The third-order valence-corrected chi connectivity index (χ3v) is 11.4. The third-order valence-electron chi connectivity index (χ3n) is 11.4. The van der Waals surface area contributed by atoms with Gasteiger partial charge in [0, 0.05) is 0 Å². The Balaban J connectivity index is 1.27. The van der Waals surface area contributed by atoms with E-state index >= 15 is 0 Å². The van der Waals surface area contributed by atoms with Crippen LogP contribution in [0.15, 0.2) is 11.6 Å². The van der Waals surface area contributed by atoms with Crippen LogP contribution >= 0.6 is 0 Å². The summed E-state index contributed by atoms with van der Waals surface area (Å²) in [5, 5.41) is 8.59. The molecule has 4 aliphatic carbocycles. The van der Waals surface area contributed by atoms with Crippen LogP contribution in [-0.2, 0) is 19.0 Å². The van der Waals surface area contributed by atoms with Gasteiger partial charge >= 0.3 is 5.97 Å². The first-order valence-corrected chi connectivity index (χ1v) is 15.7. The highest BCUT2D eigenvalue weighted by atomic mass is 16.6. The molecule has 0 aromatic carbocycles. The quantitative estimate of drug-likeness (QED) is 0.144. The van der Waals surface area contributed by atoms with Gasteiger partial charge in [-0.05, 0) is 112 Å². The number of carboxylic acid groups (broad SMARTS) is 1. The predicted molar refractivity (Wildman–Crippen MR) is 152 cm³/mol. The van der Waals surface area contributed by atoms with Gasteiger partial charge in [0.2, 0.25) is 0 Å². The van der Waals surface area contributed by atoms with Crippen LogP contribution in [0.4, 0.5) is 0 Å². The molecule has 38 heavy (non-hydrogen) atoms. The van der Waals surface area contributed by atoms with E-state index in [-0.39, 0.29) is 6.61 Å². The van der Waals surface area contributed by atoms with Gasteiger partial charge in [-0.15, -0.1) is 0 Å². The van der Waals surface area contributed by atoms with Crippen molar-refractivity contribution in [3.05, 3.63) is 18.6 Å². The monoisotopic (exact) mass is 531 g/mol. The van der Waals surface area contributed by atoms with Gasteiger partial charge in [0.25, 0.3) is 0 Å². The summed E-state index contributed by atoms with van der Waals surface area (Å²) in [7, 11) is 0. The fraction of sp³-hybridized carbons (Fsp3) is 0.879. The van der Waals surface area contributed by atoms with Crippen LogP contribution in [0.2, 0.25) is 0 Å². The van der Waals surface area contributed by atoms with Crippen LogP contribution in [-0.4, -0.2) is 50.2 Å². The molecule has 0 aromatic rings. The van der Waals surface area contributed by atoms with Gasteiger partial charge in [-0.3, -0.25) is 0 Å². The summed E-state index contributed by atoms with van der Waals surface area (Å²) >= 11 is 0. The molecule has 0 bridgehead atoms. The minimum Gasteiger partial charge on any atom is -0.480 e. The fourth-order valence-electron chi connectivity index (χ4n) is 9.39. The molecule has 1 unspecified atom stereocenters. The predicted octanol–water partition coefficient (Wildman–Crippen LogP) is 7.34. The smallest absolute Gasteiger partial charge is 0.329 e. The van der Waals surface area contributed by atoms with Crippen molar-refractivity contribution in [3.8, 4) is 0 Å². The molecule has 0 heterocycles. The first-order chi connectivity index (χ1) is 18.1. The maximum atomic E-state index is 10.5. The molecule has 0 radical (unpaired) electrons. The highest BCUT2D eigenvalue weighted by Gasteiger charge is 2.59. The van der Waals surface area contributed by atoms with E-state index in [9.17, 15) is 4.79 Å². The molecule has 0 aliphatic heterocycles. The molecule has 0 aromatic heterocycles. The average molecular weight is 532 g/mol. The van der Waals surface area contributed by atoms with Gasteiger partial charge in [-0.2, -0.15) is 0 Å². The Morgan fingerprint density at radius 1 is 1.03 bits per heavy atom. The van der Waals surface area contributed by atoms with Crippen molar-refractivity contribution in [1.29, 1.82) is 0 Å².